The Labute approximate surface area is 151 Å². The molecule has 138 valence electrons. The van der Waals surface area contributed by atoms with E-state index in [1.54, 1.807) is 0 Å². The van der Waals surface area contributed by atoms with Crippen LogP contribution in [0.3, 0.4) is 0 Å². The lowest BCUT2D eigenvalue weighted by Crippen LogP contribution is -2.17. The summed E-state index contributed by atoms with van der Waals surface area (Å²) >= 11 is 5.80. The van der Waals surface area contributed by atoms with Crippen molar-refractivity contribution in [3.8, 4) is 5.75 Å². The van der Waals surface area contributed by atoms with E-state index in [9.17, 15) is 18.0 Å². The van der Waals surface area contributed by atoms with Crippen molar-refractivity contribution in [3.05, 3.63) is 58.1 Å². The third-order valence-corrected chi connectivity index (χ3v) is 3.67. The summed E-state index contributed by atoms with van der Waals surface area (Å²) in [6.07, 6.45) is -4.83. The number of alkyl halides is 3. The van der Waals surface area contributed by atoms with Crippen LogP contribution in [0.25, 0.3) is 0 Å². The molecule has 5 nitrogen and oxygen atoms in total. The number of hydrogen-bond donors (Lipinski definition) is 3. The number of nitrogens with one attached hydrogen (secondary N) is 2. The van der Waals surface area contributed by atoms with Gasteiger partial charge in [0.15, 0.2) is 0 Å². The quantitative estimate of drug-likeness (QED) is 0.614. The Bertz CT molecular complexity index is 854. The second kappa shape index (κ2) is 7.65. The molecule has 0 aliphatic rings. The molecule has 0 aliphatic carbocycles. The lowest BCUT2D eigenvalue weighted by molar-refractivity contribution is -0.274. The summed E-state index contributed by atoms with van der Waals surface area (Å²) in [4.78, 5) is 11.0. The van der Waals surface area contributed by atoms with Crippen molar-refractivity contribution in [3.63, 3.8) is 0 Å². The number of benzene rings is 2. The summed E-state index contributed by atoms with van der Waals surface area (Å²) in [5.74, 6) is -1.60. The van der Waals surface area contributed by atoms with E-state index in [4.69, 9.17) is 22.1 Å². The third kappa shape index (κ3) is 5.13. The van der Waals surface area contributed by atoms with Gasteiger partial charge in [0.1, 0.15) is 5.75 Å². The number of hydrogen-bond acceptors (Lipinski definition) is 4. The van der Waals surface area contributed by atoms with Gasteiger partial charge in [0.2, 0.25) is 0 Å². The van der Waals surface area contributed by atoms with E-state index >= 15 is 0 Å². The topological polar surface area (TPSA) is 82.4 Å². The maximum Gasteiger partial charge on any atom is 0.573 e. The summed E-state index contributed by atoms with van der Waals surface area (Å²) in [5.41, 5.74) is 1.74. The van der Waals surface area contributed by atoms with Crippen LogP contribution < -0.4 is 10.1 Å². The number of halogens is 4. The van der Waals surface area contributed by atoms with Crippen LogP contribution in [0.1, 0.15) is 28.4 Å². The van der Waals surface area contributed by atoms with Gasteiger partial charge in [0.25, 0.3) is 0 Å². The Morgan fingerprint density at radius 3 is 2.50 bits per heavy atom. The molecule has 0 amide bonds. The Morgan fingerprint density at radius 1 is 1.27 bits per heavy atom. The molecule has 0 saturated heterocycles. The molecule has 2 aromatic rings. The molecule has 3 N–H and O–H groups in total. The molecule has 0 bridgehead atoms. The van der Waals surface area contributed by atoms with E-state index in [1.807, 2.05) is 0 Å². The Morgan fingerprint density at radius 2 is 1.96 bits per heavy atom. The fraction of sp³-hybridized carbons (Fsp3) is 0.176. The predicted molar refractivity (Wildman–Crippen MR) is 91.4 cm³/mol. The normalized spacial score (nSPS) is 11.1. The number of rotatable bonds is 6. The lowest BCUT2D eigenvalue weighted by atomic mass is 10.0. The fourth-order valence-corrected chi connectivity index (χ4v) is 2.44. The van der Waals surface area contributed by atoms with E-state index in [-0.39, 0.29) is 22.8 Å². The van der Waals surface area contributed by atoms with Gasteiger partial charge < -0.3 is 20.6 Å². The first-order valence-corrected chi connectivity index (χ1v) is 7.65. The van der Waals surface area contributed by atoms with Crippen LogP contribution in [0.15, 0.2) is 36.4 Å². The number of carboxylic acids is 1. The van der Waals surface area contributed by atoms with E-state index in [0.29, 0.717) is 16.8 Å². The zero-order valence-corrected chi connectivity index (χ0v) is 14.2. The van der Waals surface area contributed by atoms with Gasteiger partial charge in [-0.1, -0.05) is 17.7 Å². The van der Waals surface area contributed by atoms with Crippen LogP contribution in [0, 0.1) is 5.41 Å². The molecule has 0 fully saturated rings. The molecule has 0 aliphatic heterocycles. The minimum atomic E-state index is -4.83. The van der Waals surface area contributed by atoms with Crippen molar-refractivity contribution < 1.29 is 27.8 Å². The third-order valence-electron chi connectivity index (χ3n) is 3.38. The Balaban J connectivity index is 2.17. The summed E-state index contributed by atoms with van der Waals surface area (Å²) in [5, 5.41) is 19.6. The van der Waals surface area contributed by atoms with Gasteiger partial charge in [0.05, 0.1) is 10.6 Å². The summed E-state index contributed by atoms with van der Waals surface area (Å²) in [7, 11) is 0. The molecule has 0 aromatic heterocycles. The average molecular weight is 387 g/mol. The lowest BCUT2D eigenvalue weighted by Gasteiger charge is -2.14. The highest BCUT2D eigenvalue weighted by Crippen LogP contribution is 2.31. The highest BCUT2D eigenvalue weighted by Gasteiger charge is 2.32. The van der Waals surface area contributed by atoms with E-state index < -0.39 is 18.1 Å². The second-order valence-corrected chi connectivity index (χ2v) is 5.76. The second-order valence-electron chi connectivity index (χ2n) is 5.36. The summed E-state index contributed by atoms with van der Waals surface area (Å²) in [6, 6.07) is 8.16. The molecule has 0 spiro atoms. The van der Waals surface area contributed by atoms with E-state index in [1.165, 1.54) is 37.3 Å². The van der Waals surface area contributed by atoms with E-state index in [0.717, 1.165) is 6.07 Å². The molecule has 0 radical (unpaired) electrons. The minimum absolute atomic E-state index is 0.0499. The first-order valence-electron chi connectivity index (χ1n) is 7.28. The number of aromatic carboxylic acids is 1. The van der Waals surface area contributed by atoms with Gasteiger partial charge in [-0.25, -0.2) is 4.79 Å². The van der Waals surface area contributed by atoms with Crippen molar-refractivity contribution in [2.75, 3.05) is 5.32 Å². The fourth-order valence-electron chi connectivity index (χ4n) is 2.20. The molecule has 2 rings (SSSR count). The zero-order valence-electron chi connectivity index (χ0n) is 13.4. The highest BCUT2D eigenvalue weighted by molar-refractivity contribution is 6.32. The molecular weight excluding hydrogens is 373 g/mol. The van der Waals surface area contributed by atoms with Crippen LogP contribution in [-0.4, -0.2) is 23.1 Å². The number of carbonyl (C=O) groups is 1. The number of ether oxygens (including phenoxy) is 1. The van der Waals surface area contributed by atoms with Gasteiger partial charge in [-0.05, 0) is 42.8 Å². The van der Waals surface area contributed by atoms with Crippen LogP contribution in [0.2, 0.25) is 5.02 Å². The molecule has 9 heteroatoms. The Hall–Kier alpha value is -2.74. The maximum atomic E-state index is 12.2. The van der Waals surface area contributed by atoms with Crippen LogP contribution in [0.4, 0.5) is 18.9 Å². The van der Waals surface area contributed by atoms with Gasteiger partial charge in [0, 0.05) is 23.5 Å². The van der Waals surface area contributed by atoms with E-state index in [2.05, 4.69) is 10.1 Å². The van der Waals surface area contributed by atoms with Crippen LogP contribution >= 0.6 is 11.6 Å². The predicted octanol–water partition coefficient (Wildman–Crippen LogP) is 4.94. The molecule has 0 unspecified atom stereocenters. The Kier molecular flexibility index (Phi) is 5.76. The first-order chi connectivity index (χ1) is 12.1. The molecule has 2 aromatic carbocycles. The minimum Gasteiger partial charge on any atom is -0.478 e. The monoisotopic (exact) mass is 386 g/mol. The first kappa shape index (κ1) is 19.6. The number of anilines is 1. The zero-order chi connectivity index (χ0) is 19.5. The van der Waals surface area contributed by atoms with Crippen LogP contribution in [-0.2, 0) is 6.54 Å². The van der Waals surface area contributed by atoms with Gasteiger partial charge >= 0.3 is 12.3 Å². The van der Waals surface area contributed by atoms with Gasteiger partial charge in [-0.3, -0.25) is 0 Å². The molecule has 0 atom stereocenters. The summed E-state index contributed by atoms with van der Waals surface area (Å²) in [6.45, 7) is 1.73. The molecule has 0 heterocycles. The maximum absolute atomic E-state index is 12.2. The highest BCUT2D eigenvalue weighted by atomic mass is 35.5. The molecular formula is C17H14ClF3N2O3. The molecule has 26 heavy (non-hydrogen) atoms. The van der Waals surface area contributed by atoms with Crippen molar-refractivity contribution in [2.45, 2.75) is 19.8 Å². The van der Waals surface area contributed by atoms with Gasteiger partial charge in [-0.2, -0.15) is 0 Å². The van der Waals surface area contributed by atoms with Crippen molar-refractivity contribution in [1.82, 2.24) is 0 Å². The largest absolute Gasteiger partial charge is 0.573 e. The summed E-state index contributed by atoms with van der Waals surface area (Å²) < 4.78 is 40.5. The van der Waals surface area contributed by atoms with Gasteiger partial charge in [-0.15, -0.1) is 13.2 Å². The smallest absolute Gasteiger partial charge is 0.478 e. The van der Waals surface area contributed by atoms with Crippen LogP contribution in [0.5, 0.6) is 5.75 Å². The van der Waals surface area contributed by atoms with Crippen molar-refractivity contribution in [2.24, 2.45) is 0 Å². The molecule has 0 saturated carbocycles. The van der Waals surface area contributed by atoms with Crippen molar-refractivity contribution in [1.29, 1.82) is 5.41 Å². The van der Waals surface area contributed by atoms with Crippen molar-refractivity contribution >= 4 is 29.0 Å². The SMILES string of the molecule is CC(=N)c1cc(C(=O)O)ccc1NCc1ccc(OC(F)(F)F)c(Cl)c1. The average Bonchev–Trinajstić information content (AvgIpc) is 2.53. The number of carboxylic acid groups (broad SMARTS) is 1. The standard InChI is InChI=1S/C17H14ClF3N2O3/c1-9(22)12-7-11(16(24)25)3-4-14(12)23-8-10-2-5-15(13(18)6-10)26-17(19,20)21/h2-7,22-23H,8H2,1H3,(H,24,25).